The number of nitrogens with zero attached hydrogens (tertiary/aromatic N) is 4. The highest BCUT2D eigenvalue weighted by atomic mass is 19.1. The van der Waals surface area contributed by atoms with Crippen LogP contribution in [0.1, 0.15) is 44.5 Å². The summed E-state index contributed by atoms with van der Waals surface area (Å²) in [5.41, 5.74) is 2.24. The second-order valence-corrected chi connectivity index (χ2v) is 10.3. The summed E-state index contributed by atoms with van der Waals surface area (Å²) >= 11 is 0. The number of rotatable bonds is 9. The van der Waals surface area contributed by atoms with E-state index >= 15 is 8.78 Å². The average Bonchev–Trinajstić information content (AvgIpc) is 3.56. The maximum atomic E-state index is 15.5. The number of ether oxygens (including phenoxy) is 1. The van der Waals surface area contributed by atoms with Crippen molar-refractivity contribution in [3.8, 4) is 17.1 Å². The number of aromatic nitrogens is 4. The molecule has 8 nitrogen and oxygen atoms in total. The number of hydrogen-bond donors (Lipinski definition) is 1. The van der Waals surface area contributed by atoms with Crippen molar-refractivity contribution >= 4 is 17.0 Å². The molecule has 0 unspecified atom stereocenters. The van der Waals surface area contributed by atoms with Crippen LogP contribution in [0.4, 0.5) is 13.2 Å². The zero-order valence-electron chi connectivity index (χ0n) is 23.6. The molecule has 1 N–H and O–H groups in total. The zero-order chi connectivity index (χ0) is 31.0. The highest BCUT2D eigenvalue weighted by molar-refractivity contribution is 5.92. The van der Waals surface area contributed by atoms with E-state index < -0.39 is 23.4 Å². The van der Waals surface area contributed by atoms with E-state index in [1.165, 1.54) is 24.3 Å². The SMILES string of the molecule is Cc1ccc(COc2cccc(-c3cc(F)c(Cc4nc5ccc(C(=O)O)cc5n4Cc4ncc(C)o4)cc3F)n2)c(F)c1. The van der Waals surface area contributed by atoms with Crippen molar-refractivity contribution in [1.29, 1.82) is 0 Å². The van der Waals surface area contributed by atoms with Crippen molar-refractivity contribution in [2.45, 2.75) is 33.4 Å². The number of hydrogen-bond acceptors (Lipinski definition) is 6. The van der Waals surface area contributed by atoms with Gasteiger partial charge in [-0.05, 0) is 67.4 Å². The average molecular weight is 599 g/mol. The lowest BCUT2D eigenvalue weighted by atomic mass is 10.0. The van der Waals surface area contributed by atoms with Crippen molar-refractivity contribution in [3.63, 3.8) is 0 Å². The Hall–Kier alpha value is -5.45. The molecule has 11 heteroatoms. The predicted molar refractivity (Wildman–Crippen MR) is 155 cm³/mol. The van der Waals surface area contributed by atoms with Gasteiger partial charge in [0.1, 0.15) is 42.2 Å². The molecular formula is C33H25F3N4O4. The molecule has 6 rings (SSSR count). The van der Waals surface area contributed by atoms with Gasteiger partial charge in [0.2, 0.25) is 11.8 Å². The van der Waals surface area contributed by atoms with Crippen LogP contribution in [0.2, 0.25) is 0 Å². The summed E-state index contributed by atoms with van der Waals surface area (Å²) in [6.07, 6.45) is 1.46. The fourth-order valence-electron chi connectivity index (χ4n) is 4.88. The van der Waals surface area contributed by atoms with Gasteiger partial charge >= 0.3 is 5.97 Å². The second-order valence-electron chi connectivity index (χ2n) is 10.3. The van der Waals surface area contributed by atoms with Gasteiger partial charge in [0.05, 0.1) is 28.5 Å². The monoisotopic (exact) mass is 598 g/mol. The minimum atomic E-state index is -1.11. The Morgan fingerprint density at radius 3 is 2.50 bits per heavy atom. The lowest BCUT2D eigenvalue weighted by molar-refractivity contribution is 0.0697. The number of carboxylic acid groups (broad SMARTS) is 1. The van der Waals surface area contributed by atoms with E-state index in [4.69, 9.17) is 9.15 Å². The van der Waals surface area contributed by atoms with Crippen LogP contribution < -0.4 is 4.74 Å². The Balaban J connectivity index is 1.29. The number of halogens is 3. The van der Waals surface area contributed by atoms with E-state index in [9.17, 15) is 14.3 Å². The molecule has 0 saturated heterocycles. The molecule has 3 aromatic carbocycles. The molecular weight excluding hydrogens is 573 g/mol. The first-order chi connectivity index (χ1) is 21.1. The van der Waals surface area contributed by atoms with Gasteiger partial charge in [-0.25, -0.2) is 32.9 Å². The quantitative estimate of drug-likeness (QED) is 0.190. The summed E-state index contributed by atoms with van der Waals surface area (Å²) < 4.78 is 58.1. The maximum absolute atomic E-state index is 15.5. The molecule has 0 spiro atoms. The van der Waals surface area contributed by atoms with Crippen molar-refractivity contribution < 1.29 is 32.2 Å². The van der Waals surface area contributed by atoms with Crippen molar-refractivity contribution in [1.82, 2.24) is 19.5 Å². The van der Waals surface area contributed by atoms with Crippen LogP contribution in [0, 0.1) is 31.3 Å². The third-order valence-electron chi connectivity index (χ3n) is 7.11. The number of aromatic carboxylic acids is 1. The summed E-state index contributed by atoms with van der Waals surface area (Å²) in [5.74, 6) is -1.49. The van der Waals surface area contributed by atoms with Crippen LogP contribution in [-0.4, -0.2) is 30.6 Å². The molecule has 0 amide bonds. The van der Waals surface area contributed by atoms with Crippen LogP contribution >= 0.6 is 0 Å². The summed E-state index contributed by atoms with van der Waals surface area (Å²) in [6.45, 7) is 3.55. The number of benzene rings is 3. The number of oxazole rings is 1. The van der Waals surface area contributed by atoms with E-state index in [2.05, 4.69) is 15.0 Å². The second kappa shape index (κ2) is 11.7. The van der Waals surface area contributed by atoms with Gasteiger partial charge in [-0.15, -0.1) is 0 Å². The maximum Gasteiger partial charge on any atom is 0.335 e. The van der Waals surface area contributed by atoms with Crippen LogP contribution in [0.25, 0.3) is 22.3 Å². The van der Waals surface area contributed by atoms with Gasteiger partial charge in [-0.3, -0.25) is 0 Å². The van der Waals surface area contributed by atoms with Gasteiger partial charge in [-0.2, -0.15) is 0 Å². The molecule has 3 heterocycles. The van der Waals surface area contributed by atoms with E-state index in [0.29, 0.717) is 34.1 Å². The van der Waals surface area contributed by atoms with Gasteiger partial charge in [0, 0.05) is 23.6 Å². The lowest BCUT2D eigenvalue weighted by Crippen LogP contribution is -2.08. The number of pyridine rings is 1. The van der Waals surface area contributed by atoms with Gasteiger partial charge in [-0.1, -0.05) is 18.2 Å². The molecule has 222 valence electrons. The van der Waals surface area contributed by atoms with E-state index in [-0.39, 0.29) is 47.8 Å². The molecule has 3 aromatic heterocycles. The Kier molecular flexibility index (Phi) is 7.60. The third kappa shape index (κ3) is 5.89. The molecule has 0 aliphatic rings. The minimum absolute atomic E-state index is 0.0344. The van der Waals surface area contributed by atoms with Crippen molar-refractivity contribution in [2.24, 2.45) is 0 Å². The molecule has 0 aliphatic heterocycles. The first-order valence-electron chi connectivity index (χ1n) is 13.6. The lowest BCUT2D eigenvalue weighted by Gasteiger charge is -2.11. The fraction of sp³-hybridized carbons (Fsp3) is 0.152. The first kappa shape index (κ1) is 28.7. The first-order valence-corrected chi connectivity index (χ1v) is 13.6. The van der Waals surface area contributed by atoms with Gasteiger partial charge in [0.25, 0.3) is 0 Å². The smallest absolute Gasteiger partial charge is 0.335 e. The molecule has 0 atom stereocenters. The normalized spacial score (nSPS) is 11.3. The predicted octanol–water partition coefficient (Wildman–Crippen LogP) is 7.04. The zero-order valence-corrected chi connectivity index (χ0v) is 23.6. The molecule has 44 heavy (non-hydrogen) atoms. The molecule has 0 fully saturated rings. The largest absolute Gasteiger partial charge is 0.478 e. The topological polar surface area (TPSA) is 103 Å². The van der Waals surface area contributed by atoms with E-state index in [0.717, 1.165) is 17.7 Å². The standard InChI is InChI=1S/C33H25F3N4O4/c1-18-6-7-21(24(34)10-18)17-43-31-5-3-4-27(39-31)23-14-25(35)22(11-26(23)36)13-30-38-28-9-8-20(33(41)42)12-29(28)40(30)16-32-37-15-19(2)44-32/h3-12,14-15H,13,16-17H2,1-2H3,(H,41,42). The Bertz CT molecular complexity index is 2040. The van der Waals surface area contributed by atoms with Gasteiger partial charge < -0.3 is 18.8 Å². The van der Waals surface area contributed by atoms with Crippen LogP contribution in [0.3, 0.4) is 0 Å². The van der Waals surface area contributed by atoms with Crippen molar-refractivity contribution in [3.05, 3.63) is 130 Å². The summed E-state index contributed by atoms with van der Waals surface area (Å²) in [5, 5.41) is 9.50. The van der Waals surface area contributed by atoms with Crippen molar-refractivity contribution in [2.75, 3.05) is 0 Å². The highest BCUT2D eigenvalue weighted by Gasteiger charge is 2.20. The molecule has 6 aromatic rings. The number of imidazole rings is 1. The Morgan fingerprint density at radius 1 is 0.932 bits per heavy atom. The summed E-state index contributed by atoms with van der Waals surface area (Å²) in [7, 11) is 0. The summed E-state index contributed by atoms with van der Waals surface area (Å²) in [4.78, 5) is 24.7. The van der Waals surface area contributed by atoms with Crippen LogP contribution in [0.15, 0.2) is 77.3 Å². The minimum Gasteiger partial charge on any atom is -0.478 e. The molecule has 0 aliphatic carbocycles. The van der Waals surface area contributed by atoms with Gasteiger partial charge in [0.15, 0.2) is 0 Å². The fourth-order valence-corrected chi connectivity index (χ4v) is 4.88. The molecule has 0 bridgehead atoms. The number of fused-ring (bicyclic) bond motifs is 1. The number of carboxylic acids is 1. The summed E-state index contributed by atoms with van der Waals surface area (Å²) in [6, 6.07) is 16.1. The Labute approximate surface area is 249 Å². The van der Waals surface area contributed by atoms with Crippen LogP contribution in [-0.2, 0) is 19.6 Å². The molecule has 0 radical (unpaired) electrons. The Morgan fingerprint density at radius 2 is 1.75 bits per heavy atom. The highest BCUT2D eigenvalue weighted by Crippen LogP contribution is 2.29. The van der Waals surface area contributed by atoms with E-state index in [1.54, 1.807) is 54.9 Å². The number of aryl methyl sites for hydroxylation is 2. The third-order valence-corrected chi connectivity index (χ3v) is 7.11. The molecule has 0 saturated carbocycles. The number of carbonyl (C=O) groups is 1. The van der Waals surface area contributed by atoms with Crippen LogP contribution in [0.5, 0.6) is 5.88 Å². The van der Waals surface area contributed by atoms with E-state index in [1.807, 2.05) is 0 Å².